The number of allylic oxidation sites excluding steroid dienone is 1. The molecular weight excluding hydrogens is 328 g/mol. The van der Waals surface area contributed by atoms with Crippen molar-refractivity contribution >= 4 is 17.6 Å². The van der Waals surface area contributed by atoms with Gasteiger partial charge in [0.2, 0.25) is 0 Å². The second-order valence-corrected chi connectivity index (χ2v) is 6.88. The monoisotopic (exact) mass is 352 g/mol. The first kappa shape index (κ1) is 16.7. The minimum atomic E-state index is 0.139. The third-order valence-electron chi connectivity index (χ3n) is 5.42. The van der Waals surface area contributed by atoms with Crippen LogP contribution >= 0.6 is 0 Å². The number of aromatic nitrogens is 5. The topological polar surface area (TPSA) is 110 Å². The molecule has 0 saturated heterocycles. The van der Waals surface area contributed by atoms with Gasteiger partial charge in [-0.2, -0.15) is 0 Å². The molecule has 2 aliphatic rings. The maximum Gasteiger partial charge on any atom is 0.164 e. The Balaban J connectivity index is 1.94. The van der Waals surface area contributed by atoms with Crippen molar-refractivity contribution in [2.75, 3.05) is 4.90 Å². The summed E-state index contributed by atoms with van der Waals surface area (Å²) in [6.45, 7) is 4.13. The van der Waals surface area contributed by atoms with Gasteiger partial charge in [-0.3, -0.25) is 4.57 Å². The summed E-state index contributed by atoms with van der Waals surface area (Å²) in [5.41, 5.74) is 7.07. The van der Waals surface area contributed by atoms with Crippen molar-refractivity contribution in [3.63, 3.8) is 0 Å². The van der Waals surface area contributed by atoms with Gasteiger partial charge in [0.15, 0.2) is 17.5 Å². The number of hydrogen-bond donors (Lipinski definition) is 2. The Hall–Kier alpha value is -2.77. The van der Waals surface area contributed by atoms with Crippen LogP contribution in [0.1, 0.15) is 62.5 Å². The third-order valence-corrected chi connectivity index (χ3v) is 5.42. The van der Waals surface area contributed by atoms with E-state index in [1.807, 2.05) is 6.92 Å². The number of fused-ring (bicyclic) bond motifs is 3. The molecule has 4 rings (SSSR count). The van der Waals surface area contributed by atoms with Crippen LogP contribution in [0.25, 0.3) is 11.3 Å². The van der Waals surface area contributed by atoms with E-state index in [4.69, 9.17) is 16.1 Å². The number of nitrogens with two attached hydrogens (primary N) is 1. The van der Waals surface area contributed by atoms with Crippen LogP contribution in [0, 0.1) is 12.3 Å². The Bertz CT molecular complexity index is 862. The van der Waals surface area contributed by atoms with E-state index in [0.717, 1.165) is 42.4 Å². The predicted octanol–water partition coefficient (Wildman–Crippen LogP) is 2.53. The molecule has 8 heteroatoms. The van der Waals surface area contributed by atoms with E-state index in [0.29, 0.717) is 17.4 Å². The lowest BCUT2D eigenvalue weighted by Gasteiger charge is -2.41. The number of aryl methyl sites for hydroxylation is 1. The molecule has 1 aliphatic carbocycles. The van der Waals surface area contributed by atoms with Crippen molar-refractivity contribution in [1.29, 1.82) is 5.41 Å². The first-order chi connectivity index (χ1) is 12.7. The SMILES string of the molecule is CC[C@@H]1c2nnc(C)n2-c2cnc(/C(C=N)=C/N)nc2N1C1CCCC1. The van der Waals surface area contributed by atoms with Gasteiger partial charge in [-0.25, -0.2) is 9.97 Å². The highest BCUT2D eigenvalue weighted by atomic mass is 15.4. The summed E-state index contributed by atoms with van der Waals surface area (Å²) < 4.78 is 2.06. The molecule has 3 N–H and O–H groups in total. The van der Waals surface area contributed by atoms with Gasteiger partial charge in [0.05, 0.1) is 17.8 Å². The quantitative estimate of drug-likeness (QED) is 0.818. The van der Waals surface area contributed by atoms with Crippen LogP contribution in [0.3, 0.4) is 0 Å². The molecular formula is C18H24N8. The highest BCUT2D eigenvalue weighted by molar-refractivity contribution is 6.06. The largest absolute Gasteiger partial charge is 0.404 e. The van der Waals surface area contributed by atoms with Crippen molar-refractivity contribution in [2.45, 2.75) is 58.0 Å². The Morgan fingerprint density at radius 2 is 2.12 bits per heavy atom. The van der Waals surface area contributed by atoms with Gasteiger partial charge < -0.3 is 16.0 Å². The molecule has 2 aromatic rings. The molecule has 136 valence electrons. The smallest absolute Gasteiger partial charge is 0.164 e. The van der Waals surface area contributed by atoms with Crippen LogP contribution < -0.4 is 10.6 Å². The molecule has 1 saturated carbocycles. The van der Waals surface area contributed by atoms with Gasteiger partial charge >= 0.3 is 0 Å². The van der Waals surface area contributed by atoms with E-state index in [2.05, 4.69) is 31.6 Å². The number of nitrogens with one attached hydrogen (secondary N) is 1. The summed E-state index contributed by atoms with van der Waals surface area (Å²) >= 11 is 0. The van der Waals surface area contributed by atoms with Gasteiger partial charge in [0, 0.05) is 18.5 Å². The fourth-order valence-electron chi connectivity index (χ4n) is 4.19. The van der Waals surface area contributed by atoms with Crippen molar-refractivity contribution in [2.24, 2.45) is 5.73 Å². The summed E-state index contributed by atoms with van der Waals surface area (Å²) in [6, 6.07) is 0.581. The Morgan fingerprint density at radius 3 is 2.77 bits per heavy atom. The molecule has 1 atom stereocenters. The highest BCUT2D eigenvalue weighted by Gasteiger charge is 2.39. The van der Waals surface area contributed by atoms with Gasteiger partial charge in [0.25, 0.3) is 0 Å². The van der Waals surface area contributed by atoms with Crippen molar-refractivity contribution in [3.05, 3.63) is 29.9 Å². The Labute approximate surface area is 152 Å². The van der Waals surface area contributed by atoms with Gasteiger partial charge in [0.1, 0.15) is 11.5 Å². The lowest BCUT2D eigenvalue weighted by Crippen LogP contribution is -2.42. The van der Waals surface area contributed by atoms with Crippen LogP contribution in [0.15, 0.2) is 12.4 Å². The van der Waals surface area contributed by atoms with E-state index in [1.54, 1.807) is 6.20 Å². The van der Waals surface area contributed by atoms with Crippen LogP contribution in [-0.2, 0) is 0 Å². The molecule has 1 fully saturated rings. The summed E-state index contributed by atoms with van der Waals surface area (Å²) in [4.78, 5) is 11.7. The van der Waals surface area contributed by atoms with Crippen LogP contribution in [0.2, 0.25) is 0 Å². The molecule has 0 amide bonds. The number of nitrogens with zero attached hydrogens (tertiary/aromatic N) is 6. The zero-order valence-electron chi connectivity index (χ0n) is 15.2. The maximum atomic E-state index is 7.56. The van der Waals surface area contributed by atoms with Crippen molar-refractivity contribution < 1.29 is 0 Å². The average Bonchev–Trinajstić information content (AvgIpc) is 3.31. The number of hydrogen-bond acceptors (Lipinski definition) is 7. The molecule has 0 spiro atoms. The Morgan fingerprint density at radius 1 is 1.35 bits per heavy atom. The standard InChI is InChI=1S/C18H24N8/c1-3-14-18-24-23-11(2)25(18)15-10-21-16(12(8-19)9-20)22-17(15)26(14)13-6-4-5-7-13/h8-10,13-14,19H,3-7,20H2,1-2H3/b12-9+,19-8?/t14-/m1/s1. The van der Waals surface area contributed by atoms with Crippen molar-refractivity contribution in [3.8, 4) is 5.69 Å². The first-order valence-electron chi connectivity index (χ1n) is 9.20. The van der Waals surface area contributed by atoms with Crippen LogP contribution in [0.5, 0.6) is 0 Å². The van der Waals surface area contributed by atoms with E-state index >= 15 is 0 Å². The molecule has 0 radical (unpaired) electrons. The lowest BCUT2D eigenvalue weighted by molar-refractivity contribution is 0.467. The van der Waals surface area contributed by atoms with Crippen LogP contribution in [0.4, 0.5) is 5.82 Å². The highest BCUT2D eigenvalue weighted by Crippen LogP contribution is 2.43. The van der Waals surface area contributed by atoms with E-state index < -0.39 is 0 Å². The summed E-state index contributed by atoms with van der Waals surface area (Å²) in [5, 5.41) is 16.3. The molecule has 0 aromatic carbocycles. The maximum absolute atomic E-state index is 7.56. The molecule has 3 heterocycles. The normalized spacial score (nSPS) is 20.2. The number of anilines is 1. The van der Waals surface area contributed by atoms with E-state index in [9.17, 15) is 0 Å². The average molecular weight is 352 g/mol. The summed E-state index contributed by atoms with van der Waals surface area (Å²) in [7, 11) is 0. The zero-order chi connectivity index (χ0) is 18.3. The lowest BCUT2D eigenvalue weighted by atomic mass is 10.0. The van der Waals surface area contributed by atoms with Gasteiger partial charge in [-0.1, -0.05) is 19.8 Å². The number of rotatable bonds is 4. The molecule has 2 aromatic heterocycles. The van der Waals surface area contributed by atoms with E-state index in [-0.39, 0.29) is 6.04 Å². The fourth-order valence-corrected chi connectivity index (χ4v) is 4.19. The second-order valence-electron chi connectivity index (χ2n) is 6.88. The van der Waals surface area contributed by atoms with Gasteiger partial charge in [-0.05, 0) is 26.2 Å². The second kappa shape index (κ2) is 6.51. The first-order valence-corrected chi connectivity index (χ1v) is 9.20. The third kappa shape index (κ3) is 2.40. The fraction of sp³-hybridized carbons (Fsp3) is 0.500. The minimum Gasteiger partial charge on any atom is -0.404 e. The van der Waals surface area contributed by atoms with Crippen LogP contribution in [-0.4, -0.2) is 37.0 Å². The molecule has 1 aliphatic heterocycles. The summed E-state index contributed by atoms with van der Waals surface area (Å²) in [5.74, 6) is 3.17. The Kier molecular flexibility index (Phi) is 4.18. The molecule has 0 bridgehead atoms. The molecule has 0 unspecified atom stereocenters. The van der Waals surface area contributed by atoms with E-state index in [1.165, 1.54) is 25.3 Å². The summed E-state index contributed by atoms with van der Waals surface area (Å²) in [6.07, 6.45) is 10.1. The predicted molar refractivity (Wildman–Crippen MR) is 100 cm³/mol. The van der Waals surface area contributed by atoms with Gasteiger partial charge in [-0.15, -0.1) is 10.2 Å². The molecule has 8 nitrogen and oxygen atoms in total. The van der Waals surface area contributed by atoms with Crippen molar-refractivity contribution in [1.82, 2.24) is 24.7 Å². The molecule has 26 heavy (non-hydrogen) atoms. The zero-order valence-corrected chi connectivity index (χ0v) is 15.2. The minimum absolute atomic E-state index is 0.139.